The van der Waals surface area contributed by atoms with Gasteiger partial charge in [0.05, 0.1) is 4.88 Å². The van der Waals surface area contributed by atoms with E-state index in [2.05, 4.69) is 6.92 Å². The number of piperidine rings is 1. The Morgan fingerprint density at radius 3 is 2.75 bits per heavy atom. The molecule has 5 heteroatoms. The SMILES string of the molecule is CCc1sc(C(=O)N2CCC(C)CC2C(=O)O)cc1C. The summed E-state index contributed by atoms with van der Waals surface area (Å²) in [6, 6.07) is 1.21. The standard InChI is InChI=1S/C15H21NO3S/c1-4-12-10(3)8-13(20-12)14(17)16-6-5-9(2)7-11(16)15(18)19/h8-9,11H,4-7H2,1-3H3,(H,18,19). The zero-order valence-corrected chi connectivity index (χ0v) is 13.0. The monoisotopic (exact) mass is 295 g/mol. The number of rotatable bonds is 3. The first kappa shape index (κ1) is 15.0. The van der Waals surface area contributed by atoms with Crippen molar-refractivity contribution in [2.45, 2.75) is 46.1 Å². The Morgan fingerprint density at radius 2 is 2.20 bits per heavy atom. The lowest BCUT2D eigenvalue weighted by Crippen LogP contribution is -2.49. The molecule has 1 aliphatic heterocycles. The molecular weight excluding hydrogens is 274 g/mol. The van der Waals surface area contributed by atoms with E-state index in [-0.39, 0.29) is 5.91 Å². The van der Waals surface area contributed by atoms with Gasteiger partial charge in [-0.2, -0.15) is 0 Å². The van der Waals surface area contributed by atoms with Gasteiger partial charge >= 0.3 is 5.97 Å². The van der Waals surface area contributed by atoms with Crippen molar-refractivity contribution in [1.82, 2.24) is 4.90 Å². The first-order chi connectivity index (χ1) is 9.43. The van der Waals surface area contributed by atoms with Crippen LogP contribution >= 0.6 is 11.3 Å². The highest BCUT2D eigenvalue weighted by atomic mass is 32.1. The molecule has 2 unspecified atom stereocenters. The van der Waals surface area contributed by atoms with E-state index in [1.807, 2.05) is 19.9 Å². The van der Waals surface area contributed by atoms with Crippen LogP contribution in [0.1, 0.15) is 46.8 Å². The second-order valence-corrected chi connectivity index (χ2v) is 6.69. The molecule has 0 saturated carbocycles. The summed E-state index contributed by atoms with van der Waals surface area (Å²) >= 11 is 1.49. The van der Waals surface area contributed by atoms with E-state index in [1.54, 1.807) is 0 Å². The summed E-state index contributed by atoms with van der Waals surface area (Å²) in [5.41, 5.74) is 1.12. The first-order valence-corrected chi connectivity index (χ1v) is 7.88. The number of hydrogen-bond donors (Lipinski definition) is 1. The fraction of sp³-hybridized carbons (Fsp3) is 0.600. The third-order valence-electron chi connectivity index (χ3n) is 3.96. The molecule has 20 heavy (non-hydrogen) atoms. The number of nitrogens with zero attached hydrogens (tertiary/aromatic N) is 1. The van der Waals surface area contributed by atoms with Crippen LogP contribution in [0.15, 0.2) is 6.07 Å². The molecular formula is C15H21NO3S. The van der Waals surface area contributed by atoms with Crippen LogP contribution in [0.25, 0.3) is 0 Å². The van der Waals surface area contributed by atoms with E-state index in [0.29, 0.717) is 23.8 Å². The Morgan fingerprint density at radius 1 is 1.50 bits per heavy atom. The van der Waals surface area contributed by atoms with Gasteiger partial charge in [0, 0.05) is 11.4 Å². The van der Waals surface area contributed by atoms with Gasteiger partial charge in [0.1, 0.15) is 6.04 Å². The van der Waals surface area contributed by atoms with Crippen molar-refractivity contribution < 1.29 is 14.7 Å². The summed E-state index contributed by atoms with van der Waals surface area (Å²) in [7, 11) is 0. The molecule has 0 aliphatic carbocycles. The fourth-order valence-electron chi connectivity index (χ4n) is 2.74. The predicted octanol–water partition coefficient (Wildman–Crippen LogP) is 2.94. The molecule has 0 bridgehead atoms. The molecule has 1 fully saturated rings. The highest BCUT2D eigenvalue weighted by Gasteiger charge is 2.35. The molecule has 0 aromatic carbocycles. The molecule has 110 valence electrons. The molecule has 2 atom stereocenters. The van der Waals surface area contributed by atoms with Crippen LogP contribution in [0, 0.1) is 12.8 Å². The Hall–Kier alpha value is -1.36. The average molecular weight is 295 g/mol. The average Bonchev–Trinajstić information content (AvgIpc) is 2.79. The first-order valence-electron chi connectivity index (χ1n) is 7.07. The van der Waals surface area contributed by atoms with E-state index >= 15 is 0 Å². The Labute approximate surface area is 123 Å². The van der Waals surface area contributed by atoms with Crippen LogP contribution in [0.4, 0.5) is 0 Å². The summed E-state index contributed by atoms with van der Waals surface area (Å²) in [5.74, 6) is -0.664. The quantitative estimate of drug-likeness (QED) is 0.932. The van der Waals surface area contributed by atoms with Crippen LogP contribution in [-0.4, -0.2) is 34.5 Å². The number of hydrogen-bond acceptors (Lipinski definition) is 3. The van der Waals surface area contributed by atoms with Crippen molar-refractivity contribution in [3.8, 4) is 0 Å². The van der Waals surface area contributed by atoms with Crippen LogP contribution in [0.5, 0.6) is 0 Å². The third kappa shape index (κ3) is 2.87. The molecule has 0 spiro atoms. The minimum atomic E-state index is -0.895. The molecule has 4 nitrogen and oxygen atoms in total. The third-order valence-corrected chi connectivity index (χ3v) is 5.33. The van der Waals surface area contributed by atoms with Crippen LogP contribution in [-0.2, 0) is 11.2 Å². The summed E-state index contributed by atoms with van der Waals surface area (Å²) in [4.78, 5) is 27.4. The molecule has 0 radical (unpaired) electrons. The molecule has 1 aliphatic rings. The molecule has 1 aromatic rings. The predicted molar refractivity (Wildman–Crippen MR) is 79.3 cm³/mol. The van der Waals surface area contributed by atoms with Gasteiger partial charge in [0.15, 0.2) is 0 Å². The van der Waals surface area contributed by atoms with Crippen LogP contribution in [0.2, 0.25) is 0 Å². The molecule has 1 amide bonds. The van der Waals surface area contributed by atoms with E-state index in [9.17, 15) is 14.7 Å². The van der Waals surface area contributed by atoms with E-state index in [4.69, 9.17) is 0 Å². The lowest BCUT2D eigenvalue weighted by Gasteiger charge is -2.35. The number of carbonyl (C=O) groups excluding carboxylic acids is 1. The van der Waals surface area contributed by atoms with Gasteiger partial charge < -0.3 is 10.0 Å². The molecule has 2 heterocycles. The Kier molecular flexibility index (Phi) is 4.48. The zero-order valence-electron chi connectivity index (χ0n) is 12.2. The van der Waals surface area contributed by atoms with Crippen molar-refractivity contribution in [2.24, 2.45) is 5.92 Å². The maximum absolute atomic E-state index is 12.6. The Bertz CT molecular complexity index is 523. The molecule has 1 N–H and O–H groups in total. The fourth-order valence-corrected chi connectivity index (χ4v) is 3.81. The molecule has 1 aromatic heterocycles. The number of likely N-dealkylation sites (tertiary alicyclic amines) is 1. The minimum absolute atomic E-state index is 0.128. The van der Waals surface area contributed by atoms with Gasteiger partial charge in [-0.05, 0) is 43.7 Å². The van der Waals surface area contributed by atoms with E-state index in [0.717, 1.165) is 18.4 Å². The van der Waals surface area contributed by atoms with Crippen molar-refractivity contribution in [3.63, 3.8) is 0 Å². The van der Waals surface area contributed by atoms with E-state index < -0.39 is 12.0 Å². The number of aryl methyl sites for hydroxylation is 2. The van der Waals surface area contributed by atoms with E-state index in [1.165, 1.54) is 21.1 Å². The highest BCUT2D eigenvalue weighted by molar-refractivity contribution is 7.14. The van der Waals surface area contributed by atoms with Gasteiger partial charge in [0.2, 0.25) is 0 Å². The number of carbonyl (C=O) groups is 2. The number of carboxylic acid groups (broad SMARTS) is 1. The zero-order chi connectivity index (χ0) is 14.9. The van der Waals surface area contributed by atoms with Crippen LogP contribution < -0.4 is 0 Å². The van der Waals surface area contributed by atoms with Crippen molar-refractivity contribution in [1.29, 1.82) is 0 Å². The summed E-state index contributed by atoms with van der Waals surface area (Å²) in [5, 5.41) is 9.34. The number of thiophene rings is 1. The lowest BCUT2D eigenvalue weighted by molar-refractivity contribution is -0.144. The maximum Gasteiger partial charge on any atom is 0.326 e. The smallest absolute Gasteiger partial charge is 0.326 e. The largest absolute Gasteiger partial charge is 0.480 e. The van der Waals surface area contributed by atoms with Gasteiger partial charge in [-0.3, -0.25) is 4.79 Å². The van der Waals surface area contributed by atoms with Crippen molar-refractivity contribution in [2.75, 3.05) is 6.54 Å². The normalized spacial score (nSPS) is 22.9. The molecule has 1 saturated heterocycles. The van der Waals surface area contributed by atoms with Gasteiger partial charge in [-0.15, -0.1) is 11.3 Å². The minimum Gasteiger partial charge on any atom is -0.480 e. The number of carboxylic acids is 1. The summed E-state index contributed by atoms with van der Waals surface area (Å²) in [6.07, 6.45) is 2.33. The number of aliphatic carboxylic acids is 1. The second kappa shape index (κ2) is 5.95. The summed E-state index contributed by atoms with van der Waals surface area (Å²) in [6.45, 7) is 6.65. The van der Waals surface area contributed by atoms with Gasteiger partial charge in [-0.1, -0.05) is 13.8 Å². The topological polar surface area (TPSA) is 57.6 Å². The lowest BCUT2D eigenvalue weighted by atomic mass is 9.92. The van der Waals surface area contributed by atoms with Crippen LogP contribution in [0.3, 0.4) is 0 Å². The van der Waals surface area contributed by atoms with Gasteiger partial charge in [0.25, 0.3) is 5.91 Å². The maximum atomic E-state index is 12.6. The second-order valence-electron chi connectivity index (χ2n) is 5.55. The van der Waals surface area contributed by atoms with Crippen molar-refractivity contribution >= 4 is 23.2 Å². The summed E-state index contributed by atoms with van der Waals surface area (Å²) < 4.78 is 0. The van der Waals surface area contributed by atoms with Crippen molar-refractivity contribution in [3.05, 3.63) is 21.4 Å². The number of amides is 1. The van der Waals surface area contributed by atoms with Gasteiger partial charge in [-0.25, -0.2) is 4.79 Å². The Balaban J connectivity index is 2.23. The highest BCUT2D eigenvalue weighted by Crippen LogP contribution is 2.28. The molecule has 2 rings (SSSR count).